The van der Waals surface area contributed by atoms with Crippen molar-refractivity contribution >= 4 is 46.5 Å². The van der Waals surface area contributed by atoms with Gasteiger partial charge in [-0.2, -0.15) is 0 Å². The fraction of sp³-hybridized carbons (Fsp3) is 0.318. The number of ether oxygens (including phenoxy) is 1. The molecule has 10 heteroatoms. The summed E-state index contributed by atoms with van der Waals surface area (Å²) in [7, 11) is 0. The summed E-state index contributed by atoms with van der Waals surface area (Å²) in [6.45, 7) is 3.05. The van der Waals surface area contributed by atoms with Gasteiger partial charge in [0.15, 0.2) is 0 Å². The lowest BCUT2D eigenvalue weighted by Gasteiger charge is -2.25. The monoisotopic (exact) mass is 460 g/mol. The van der Waals surface area contributed by atoms with Crippen LogP contribution in [0.25, 0.3) is 0 Å². The van der Waals surface area contributed by atoms with Crippen molar-refractivity contribution < 1.29 is 23.5 Å². The topological polar surface area (TPSA) is 99.8 Å². The third-order valence-electron chi connectivity index (χ3n) is 4.54. The molecule has 0 spiro atoms. The SMILES string of the molecule is O=C(CSCC(=O)Nc1ccccc1F)Nc1ccc(NC(=O)CN2CCOCC2)cc1. The van der Waals surface area contributed by atoms with Crippen LogP contribution in [0.1, 0.15) is 0 Å². The normalized spacial score (nSPS) is 13.9. The van der Waals surface area contributed by atoms with E-state index in [1.165, 1.54) is 18.2 Å². The Kier molecular flexibility index (Phi) is 9.02. The summed E-state index contributed by atoms with van der Waals surface area (Å²) in [4.78, 5) is 38.1. The summed E-state index contributed by atoms with van der Waals surface area (Å²) in [6.07, 6.45) is 0. The predicted octanol–water partition coefficient (Wildman–Crippen LogP) is 2.41. The minimum Gasteiger partial charge on any atom is -0.379 e. The van der Waals surface area contributed by atoms with Crippen LogP contribution in [0.15, 0.2) is 48.5 Å². The highest BCUT2D eigenvalue weighted by molar-refractivity contribution is 8.00. The van der Waals surface area contributed by atoms with Crippen molar-refractivity contribution in [2.75, 3.05) is 60.3 Å². The second-order valence-corrected chi connectivity index (χ2v) is 8.07. The van der Waals surface area contributed by atoms with Gasteiger partial charge in [0.05, 0.1) is 37.0 Å². The molecule has 8 nitrogen and oxygen atoms in total. The molecule has 1 fully saturated rings. The van der Waals surface area contributed by atoms with Crippen LogP contribution in [-0.2, 0) is 19.1 Å². The summed E-state index contributed by atoms with van der Waals surface area (Å²) < 4.78 is 18.8. The lowest BCUT2D eigenvalue weighted by Crippen LogP contribution is -2.41. The standard InChI is InChI=1S/C22H25FN4O4S/c23-18-3-1-2-4-19(18)26-22(30)15-32-14-21(29)25-17-7-5-16(6-8-17)24-20(28)13-27-9-11-31-12-10-27/h1-8H,9-15H2,(H,24,28)(H,25,29)(H,26,30). The number of thioether (sulfide) groups is 1. The Morgan fingerprint density at radius 2 is 1.41 bits per heavy atom. The Morgan fingerprint density at radius 3 is 2.03 bits per heavy atom. The van der Waals surface area contributed by atoms with E-state index in [-0.39, 0.29) is 34.9 Å². The van der Waals surface area contributed by atoms with Gasteiger partial charge in [0.2, 0.25) is 17.7 Å². The maximum absolute atomic E-state index is 13.5. The largest absolute Gasteiger partial charge is 0.379 e. The van der Waals surface area contributed by atoms with Crippen LogP contribution in [0.3, 0.4) is 0 Å². The molecule has 0 aliphatic carbocycles. The van der Waals surface area contributed by atoms with E-state index in [0.29, 0.717) is 31.1 Å². The Bertz CT molecular complexity index is 936. The van der Waals surface area contributed by atoms with Crippen LogP contribution in [-0.4, -0.2) is 67.0 Å². The maximum atomic E-state index is 13.5. The van der Waals surface area contributed by atoms with Crippen molar-refractivity contribution in [1.82, 2.24) is 4.90 Å². The zero-order chi connectivity index (χ0) is 22.8. The van der Waals surface area contributed by atoms with E-state index in [1.807, 2.05) is 4.90 Å². The molecule has 0 aromatic heterocycles. The lowest BCUT2D eigenvalue weighted by atomic mass is 10.2. The minimum atomic E-state index is -0.510. The fourth-order valence-electron chi connectivity index (χ4n) is 2.98. The number of rotatable bonds is 9. The first kappa shape index (κ1) is 23.7. The van der Waals surface area contributed by atoms with Crippen molar-refractivity contribution in [1.29, 1.82) is 0 Å². The molecule has 1 aliphatic heterocycles. The van der Waals surface area contributed by atoms with Gasteiger partial charge in [-0.3, -0.25) is 19.3 Å². The zero-order valence-electron chi connectivity index (χ0n) is 17.4. The molecular formula is C22H25FN4O4S. The molecule has 0 atom stereocenters. The van der Waals surface area contributed by atoms with Crippen LogP contribution in [0.4, 0.5) is 21.5 Å². The molecule has 0 bridgehead atoms. The van der Waals surface area contributed by atoms with Crippen molar-refractivity contribution in [3.63, 3.8) is 0 Å². The quantitative estimate of drug-likeness (QED) is 0.532. The molecule has 1 heterocycles. The van der Waals surface area contributed by atoms with Crippen molar-refractivity contribution in [3.05, 3.63) is 54.3 Å². The number of anilines is 3. The molecule has 3 amide bonds. The molecule has 2 aromatic rings. The Labute approximate surface area is 189 Å². The van der Waals surface area contributed by atoms with E-state index in [4.69, 9.17) is 4.74 Å². The highest BCUT2D eigenvalue weighted by atomic mass is 32.2. The molecule has 3 rings (SSSR count). The Balaban J connectivity index is 1.35. The molecule has 3 N–H and O–H groups in total. The number of para-hydroxylation sites is 1. The fourth-order valence-corrected chi connectivity index (χ4v) is 3.60. The predicted molar refractivity (Wildman–Crippen MR) is 123 cm³/mol. The van der Waals surface area contributed by atoms with E-state index in [2.05, 4.69) is 16.0 Å². The highest BCUT2D eigenvalue weighted by Gasteiger charge is 2.14. The number of benzene rings is 2. The Morgan fingerprint density at radius 1 is 0.844 bits per heavy atom. The first-order valence-electron chi connectivity index (χ1n) is 10.1. The molecular weight excluding hydrogens is 435 g/mol. The van der Waals surface area contributed by atoms with Crippen LogP contribution in [0.5, 0.6) is 0 Å². The number of hydrogen-bond donors (Lipinski definition) is 3. The second kappa shape index (κ2) is 12.2. The van der Waals surface area contributed by atoms with Gasteiger partial charge in [-0.25, -0.2) is 4.39 Å². The molecule has 1 aliphatic rings. The number of hydrogen-bond acceptors (Lipinski definition) is 6. The average molecular weight is 461 g/mol. The van der Waals surface area contributed by atoms with E-state index < -0.39 is 5.82 Å². The number of halogens is 1. The third kappa shape index (κ3) is 7.95. The van der Waals surface area contributed by atoms with Crippen LogP contribution >= 0.6 is 11.8 Å². The van der Waals surface area contributed by atoms with Crippen LogP contribution < -0.4 is 16.0 Å². The molecule has 1 saturated heterocycles. The highest BCUT2D eigenvalue weighted by Crippen LogP contribution is 2.15. The van der Waals surface area contributed by atoms with Gasteiger partial charge in [-0.05, 0) is 36.4 Å². The molecule has 0 saturated carbocycles. The lowest BCUT2D eigenvalue weighted by molar-refractivity contribution is -0.118. The molecule has 0 radical (unpaired) electrons. The van der Waals surface area contributed by atoms with Crippen LogP contribution in [0.2, 0.25) is 0 Å². The van der Waals surface area contributed by atoms with Gasteiger partial charge < -0.3 is 20.7 Å². The van der Waals surface area contributed by atoms with E-state index in [1.54, 1.807) is 30.3 Å². The zero-order valence-corrected chi connectivity index (χ0v) is 18.3. The number of carbonyl (C=O) groups is 3. The molecule has 170 valence electrons. The van der Waals surface area contributed by atoms with Crippen LogP contribution in [0, 0.1) is 5.82 Å². The summed E-state index contributed by atoms with van der Waals surface area (Å²) in [5, 5.41) is 8.04. The van der Waals surface area contributed by atoms with Crippen molar-refractivity contribution in [2.24, 2.45) is 0 Å². The number of carbonyl (C=O) groups excluding carboxylic acids is 3. The summed E-state index contributed by atoms with van der Waals surface area (Å²) >= 11 is 1.12. The summed E-state index contributed by atoms with van der Waals surface area (Å²) in [6, 6.07) is 12.7. The number of nitrogens with zero attached hydrogens (tertiary/aromatic N) is 1. The smallest absolute Gasteiger partial charge is 0.238 e. The van der Waals surface area contributed by atoms with Gasteiger partial charge in [0.25, 0.3) is 0 Å². The maximum Gasteiger partial charge on any atom is 0.238 e. The van der Waals surface area contributed by atoms with Gasteiger partial charge in [-0.1, -0.05) is 12.1 Å². The van der Waals surface area contributed by atoms with Crippen molar-refractivity contribution in [2.45, 2.75) is 0 Å². The van der Waals surface area contributed by atoms with E-state index in [0.717, 1.165) is 24.9 Å². The summed E-state index contributed by atoms with van der Waals surface area (Å²) in [5.41, 5.74) is 1.33. The number of amides is 3. The van der Waals surface area contributed by atoms with Gasteiger partial charge in [0.1, 0.15) is 5.82 Å². The van der Waals surface area contributed by atoms with E-state index in [9.17, 15) is 18.8 Å². The average Bonchev–Trinajstić information content (AvgIpc) is 2.77. The number of nitrogens with one attached hydrogen (secondary N) is 3. The first-order chi connectivity index (χ1) is 15.5. The van der Waals surface area contributed by atoms with Gasteiger partial charge >= 0.3 is 0 Å². The number of morpholine rings is 1. The Hall–Kier alpha value is -2.95. The third-order valence-corrected chi connectivity index (χ3v) is 5.47. The first-order valence-corrected chi connectivity index (χ1v) is 11.3. The minimum absolute atomic E-state index is 0.0237. The van der Waals surface area contributed by atoms with Gasteiger partial charge in [0, 0.05) is 24.5 Å². The van der Waals surface area contributed by atoms with Gasteiger partial charge in [-0.15, -0.1) is 11.8 Å². The second-order valence-electron chi connectivity index (χ2n) is 7.08. The van der Waals surface area contributed by atoms with E-state index >= 15 is 0 Å². The molecule has 32 heavy (non-hydrogen) atoms. The molecule has 2 aromatic carbocycles. The molecule has 0 unspecified atom stereocenters. The van der Waals surface area contributed by atoms with Crippen molar-refractivity contribution in [3.8, 4) is 0 Å². The summed E-state index contributed by atoms with van der Waals surface area (Å²) in [5.74, 6) is -1.17.